The highest BCUT2D eigenvalue weighted by atomic mass is 16.3. The largest absolute Gasteiger partial charge is 0.442 e. The molecule has 2 N–H and O–H groups in total. The third-order valence-electron chi connectivity index (χ3n) is 4.82. The molecule has 1 aliphatic rings. The molecule has 0 bridgehead atoms. The Balaban J connectivity index is 1.63. The van der Waals surface area contributed by atoms with Gasteiger partial charge in [-0.25, -0.2) is 9.97 Å². The van der Waals surface area contributed by atoms with Crippen LogP contribution in [0, 0.1) is 18.3 Å². The number of hydrogen-bond acceptors (Lipinski definition) is 6. The first-order valence-corrected chi connectivity index (χ1v) is 8.79. The van der Waals surface area contributed by atoms with Crippen LogP contribution >= 0.6 is 0 Å². The Bertz CT molecular complexity index is 1080. The van der Waals surface area contributed by atoms with Crippen LogP contribution in [0.1, 0.15) is 47.0 Å². The molecule has 0 spiro atoms. The number of carbonyl (C=O) groups excluding carboxylic acids is 1. The lowest BCUT2D eigenvalue weighted by Gasteiger charge is -2.13. The van der Waals surface area contributed by atoms with Gasteiger partial charge in [0.25, 0.3) is 5.91 Å². The summed E-state index contributed by atoms with van der Waals surface area (Å²) in [6, 6.07) is 9.24. The first-order chi connectivity index (χ1) is 13.0. The third kappa shape index (κ3) is 3.34. The summed E-state index contributed by atoms with van der Waals surface area (Å²) >= 11 is 0. The maximum atomic E-state index is 12.9. The van der Waals surface area contributed by atoms with E-state index in [1.807, 2.05) is 6.07 Å². The molecule has 1 fully saturated rings. The highest BCUT2D eigenvalue weighted by Gasteiger charge is 2.38. The summed E-state index contributed by atoms with van der Waals surface area (Å²) in [5.41, 5.74) is 2.26. The first-order valence-electron chi connectivity index (χ1n) is 8.79. The molecule has 0 aliphatic heterocycles. The molecule has 4 rings (SSSR count). The number of hydrogen-bond donors (Lipinski definition) is 2. The van der Waals surface area contributed by atoms with E-state index < -0.39 is 0 Å². The van der Waals surface area contributed by atoms with Crippen LogP contribution in [0.25, 0.3) is 11.1 Å². The van der Waals surface area contributed by atoms with Crippen molar-refractivity contribution in [2.24, 2.45) is 0 Å². The molecule has 1 saturated carbocycles. The summed E-state index contributed by atoms with van der Waals surface area (Å²) in [6.07, 6.45) is 3.56. The van der Waals surface area contributed by atoms with E-state index in [2.05, 4.69) is 33.6 Å². The van der Waals surface area contributed by atoms with E-state index in [9.17, 15) is 4.79 Å². The SMILES string of the molecule is Cc1oc2ncnc(NC3(C)CC3)c2c1C(=O)NCc1cccc(C#N)c1. The van der Waals surface area contributed by atoms with Crippen LogP contribution < -0.4 is 10.6 Å². The van der Waals surface area contributed by atoms with Gasteiger partial charge in [-0.1, -0.05) is 12.1 Å². The number of nitrogens with zero attached hydrogens (tertiary/aromatic N) is 3. The Hall–Kier alpha value is -3.40. The topological polar surface area (TPSA) is 104 Å². The Morgan fingerprint density at radius 2 is 2.19 bits per heavy atom. The summed E-state index contributed by atoms with van der Waals surface area (Å²) in [5.74, 6) is 0.860. The van der Waals surface area contributed by atoms with Gasteiger partial charge in [0.2, 0.25) is 5.71 Å². The summed E-state index contributed by atoms with van der Waals surface area (Å²) < 4.78 is 5.69. The predicted octanol–water partition coefficient (Wildman–Crippen LogP) is 3.30. The molecule has 0 saturated heterocycles. The van der Waals surface area contributed by atoms with Gasteiger partial charge in [0.1, 0.15) is 17.9 Å². The Labute approximate surface area is 156 Å². The van der Waals surface area contributed by atoms with Crippen molar-refractivity contribution in [1.29, 1.82) is 5.26 Å². The van der Waals surface area contributed by atoms with Crippen molar-refractivity contribution < 1.29 is 9.21 Å². The van der Waals surface area contributed by atoms with E-state index in [1.165, 1.54) is 6.33 Å². The maximum Gasteiger partial charge on any atom is 0.255 e. The average molecular weight is 361 g/mol. The quantitative estimate of drug-likeness (QED) is 0.723. The standard InChI is InChI=1S/C20H19N5O2/c1-12-15(18(26)22-10-14-5-3-4-13(8-14)9-21)16-17(25-20(2)6-7-20)23-11-24-19(16)27-12/h3-5,8,11H,6-7,10H2,1-2H3,(H,22,26)(H,23,24,25). The number of fused-ring (bicyclic) bond motifs is 1. The van der Waals surface area contributed by atoms with Crippen molar-refractivity contribution >= 4 is 22.8 Å². The van der Waals surface area contributed by atoms with Gasteiger partial charge in [-0.2, -0.15) is 5.26 Å². The number of nitrogens with one attached hydrogen (secondary N) is 2. The van der Waals surface area contributed by atoms with Crippen molar-refractivity contribution in [3.8, 4) is 6.07 Å². The molecule has 1 aromatic carbocycles. The highest BCUT2D eigenvalue weighted by molar-refractivity contribution is 6.10. The van der Waals surface area contributed by atoms with E-state index in [-0.39, 0.29) is 11.4 Å². The predicted molar refractivity (Wildman–Crippen MR) is 100 cm³/mol. The van der Waals surface area contributed by atoms with Gasteiger partial charge < -0.3 is 15.1 Å². The molecule has 1 amide bonds. The fraction of sp³-hybridized carbons (Fsp3) is 0.300. The fourth-order valence-corrected chi connectivity index (χ4v) is 3.03. The Kier molecular flexibility index (Phi) is 4.04. The van der Waals surface area contributed by atoms with Crippen LogP contribution in [0.4, 0.5) is 5.82 Å². The molecular weight excluding hydrogens is 342 g/mol. The molecule has 27 heavy (non-hydrogen) atoms. The zero-order chi connectivity index (χ0) is 19.0. The van der Waals surface area contributed by atoms with E-state index in [0.717, 1.165) is 18.4 Å². The molecular formula is C20H19N5O2. The summed E-state index contributed by atoms with van der Waals surface area (Å²) in [4.78, 5) is 21.4. The molecule has 2 heterocycles. The normalized spacial score (nSPS) is 14.6. The van der Waals surface area contributed by atoms with Crippen molar-refractivity contribution in [3.05, 3.63) is 53.0 Å². The molecule has 2 aromatic heterocycles. The molecule has 1 aliphatic carbocycles. The second-order valence-electron chi connectivity index (χ2n) is 7.12. The Morgan fingerprint density at radius 3 is 2.93 bits per heavy atom. The zero-order valence-electron chi connectivity index (χ0n) is 15.2. The summed E-state index contributed by atoms with van der Waals surface area (Å²) in [7, 11) is 0. The van der Waals surface area contributed by atoms with Gasteiger partial charge >= 0.3 is 0 Å². The van der Waals surface area contributed by atoms with Gasteiger partial charge in [0, 0.05) is 12.1 Å². The third-order valence-corrected chi connectivity index (χ3v) is 4.82. The van der Waals surface area contributed by atoms with Gasteiger partial charge in [0.15, 0.2) is 0 Å². The van der Waals surface area contributed by atoms with Crippen LogP contribution in [0.5, 0.6) is 0 Å². The number of anilines is 1. The second kappa shape index (κ2) is 6.40. The van der Waals surface area contributed by atoms with E-state index in [1.54, 1.807) is 25.1 Å². The van der Waals surface area contributed by atoms with Crippen molar-refractivity contribution in [2.75, 3.05) is 5.32 Å². The van der Waals surface area contributed by atoms with Gasteiger partial charge in [-0.15, -0.1) is 0 Å². The van der Waals surface area contributed by atoms with Gasteiger partial charge in [0.05, 0.1) is 22.6 Å². The lowest BCUT2D eigenvalue weighted by Crippen LogP contribution is -2.24. The number of amides is 1. The lowest BCUT2D eigenvalue weighted by atomic mass is 10.1. The highest BCUT2D eigenvalue weighted by Crippen LogP contribution is 2.40. The molecule has 136 valence electrons. The van der Waals surface area contributed by atoms with E-state index >= 15 is 0 Å². The number of aromatic nitrogens is 2. The van der Waals surface area contributed by atoms with Crippen LogP contribution in [0.15, 0.2) is 35.0 Å². The Morgan fingerprint density at radius 1 is 1.37 bits per heavy atom. The second-order valence-corrected chi connectivity index (χ2v) is 7.12. The van der Waals surface area contributed by atoms with Gasteiger partial charge in [-0.3, -0.25) is 4.79 Å². The monoisotopic (exact) mass is 361 g/mol. The van der Waals surface area contributed by atoms with E-state index in [4.69, 9.17) is 9.68 Å². The summed E-state index contributed by atoms with van der Waals surface area (Å²) in [6.45, 7) is 4.18. The van der Waals surface area contributed by atoms with Crippen molar-refractivity contribution in [1.82, 2.24) is 15.3 Å². The number of nitriles is 1. The van der Waals surface area contributed by atoms with Crippen molar-refractivity contribution in [3.63, 3.8) is 0 Å². The molecule has 7 nitrogen and oxygen atoms in total. The minimum atomic E-state index is -0.257. The number of rotatable bonds is 5. The van der Waals surface area contributed by atoms with Crippen LogP contribution in [0.3, 0.4) is 0 Å². The fourth-order valence-electron chi connectivity index (χ4n) is 3.03. The zero-order valence-corrected chi connectivity index (χ0v) is 15.2. The average Bonchev–Trinajstić information content (AvgIpc) is 3.28. The van der Waals surface area contributed by atoms with Crippen LogP contribution in [-0.2, 0) is 6.54 Å². The molecule has 3 aromatic rings. The lowest BCUT2D eigenvalue weighted by molar-refractivity contribution is 0.0951. The van der Waals surface area contributed by atoms with Crippen LogP contribution in [-0.4, -0.2) is 21.4 Å². The number of aryl methyl sites for hydroxylation is 1. The minimum absolute atomic E-state index is 0.0118. The number of carbonyl (C=O) groups is 1. The van der Waals surface area contributed by atoms with Gasteiger partial charge in [-0.05, 0) is 44.4 Å². The van der Waals surface area contributed by atoms with Crippen molar-refractivity contribution in [2.45, 2.75) is 38.8 Å². The maximum absolute atomic E-state index is 12.9. The number of benzene rings is 1. The number of furan rings is 1. The smallest absolute Gasteiger partial charge is 0.255 e. The molecule has 0 radical (unpaired) electrons. The molecule has 0 atom stereocenters. The van der Waals surface area contributed by atoms with E-state index in [0.29, 0.717) is 40.3 Å². The molecule has 0 unspecified atom stereocenters. The minimum Gasteiger partial charge on any atom is -0.442 e. The summed E-state index contributed by atoms with van der Waals surface area (Å²) in [5, 5.41) is 15.9. The molecule has 7 heteroatoms. The first kappa shape index (κ1) is 17.0. The van der Waals surface area contributed by atoms with Crippen LogP contribution in [0.2, 0.25) is 0 Å².